The highest BCUT2D eigenvalue weighted by atomic mass is 32.1. The Labute approximate surface area is 76.8 Å². The molecule has 1 saturated heterocycles. The Hall–Kier alpha value is -0.380. The molecule has 0 aromatic carbocycles. The third kappa shape index (κ3) is 2.06. The molecule has 2 nitrogen and oxygen atoms in total. The van der Waals surface area contributed by atoms with Gasteiger partial charge in [0.1, 0.15) is 0 Å². The number of morpholine rings is 1. The molecule has 0 saturated carbocycles. The van der Waals surface area contributed by atoms with Crippen LogP contribution >= 0.6 is 11.3 Å². The molecule has 1 aliphatic heterocycles. The normalized spacial score (nSPS) is 19.7. The zero-order valence-electron chi connectivity index (χ0n) is 6.95. The Morgan fingerprint density at radius 3 is 3.00 bits per heavy atom. The van der Waals surface area contributed by atoms with Crippen molar-refractivity contribution in [3.63, 3.8) is 0 Å². The minimum atomic E-state index is 0.884. The average Bonchev–Trinajstić information content (AvgIpc) is 2.59. The molecule has 0 aliphatic carbocycles. The van der Waals surface area contributed by atoms with Gasteiger partial charge in [-0.25, -0.2) is 0 Å². The van der Waals surface area contributed by atoms with Crippen molar-refractivity contribution in [1.29, 1.82) is 0 Å². The predicted octanol–water partition coefficient (Wildman–Crippen LogP) is 1.38. The predicted molar refractivity (Wildman–Crippen MR) is 49.3 cm³/mol. The van der Waals surface area contributed by atoms with Gasteiger partial charge in [-0.3, -0.25) is 4.90 Å². The van der Waals surface area contributed by atoms with E-state index in [-0.39, 0.29) is 0 Å². The van der Waals surface area contributed by atoms with Crippen LogP contribution in [-0.4, -0.2) is 31.2 Å². The monoisotopic (exact) mass is 182 g/mol. The smallest absolute Gasteiger partial charge is 0.0594 e. The van der Waals surface area contributed by atoms with Gasteiger partial charge >= 0.3 is 0 Å². The van der Waals surface area contributed by atoms with Crippen LogP contribution in [0.5, 0.6) is 0 Å². The Balaban J connectivity index is 1.86. The van der Waals surface area contributed by atoms with E-state index in [0.29, 0.717) is 0 Å². The molecule has 1 aliphatic rings. The number of rotatable bonds is 2. The molecule has 3 heteroatoms. The molecule has 1 aromatic rings. The maximum atomic E-state index is 5.27. The van der Waals surface area contributed by atoms with E-state index >= 15 is 0 Å². The summed E-state index contributed by atoms with van der Waals surface area (Å²) >= 11 is 1.78. The van der Waals surface area contributed by atoms with Gasteiger partial charge in [0.15, 0.2) is 0 Å². The van der Waals surface area contributed by atoms with Gasteiger partial charge in [0.05, 0.1) is 13.2 Å². The average molecular weight is 182 g/mol. The fraction of sp³-hybridized carbons (Fsp3) is 0.556. The Kier molecular flexibility index (Phi) is 2.76. The van der Waals surface area contributed by atoms with Gasteiger partial charge < -0.3 is 4.74 Å². The summed E-state index contributed by atoms with van der Waals surface area (Å²) in [5, 5.41) is 2.01. The van der Waals surface area contributed by atoms with Crippen LogP contribution in [0.1, 0.15) is 4.88 Å². The van der Waals surface area contributed by atoms with Crippen molar-refractivity contribution < 1.29 is 4.74 Å². The number of ether oxygens (including phenoxy) is 1. The summed E-state index contributed by atoms with van der Waals surface area (Å²) in [7, 11) is 0. The fourth-order valence-corrected chi connectivity index (χ4v) is 2.01. The second-order valence-electron chi connectivity index (χ2n) is 2.90. The third-order valence-corrected chi connectivity index (χ3v) is 2.81. The lowest BCUT2D eigenvalue weighted by atomic mass is 10.4. The first-order valence-electron chi connectivity index (χ1n) is 4.19. The lowest BCUT2D eigenvalue weighted by molar-refractivity contribution is 0.0346. The standard InChI is InChI=1S/C9H12NOS/c1-2-9(12-7-1)8-10-3-5-11-6-4-10/h2,7H,3-6,8H2. The highest BCUT2D eigenvalue weighted by Crippen LogP contribution is 2.11. The quantitative estimate of drug-likeness (QED) is 0.685. The zero-order valence-corrected chi connectivity index (χ0v) is 7.77. The summed E-state index contributed by atoms with van der Waals surface area (Å²) in [6.07, 6.45) is 0. The van der Waals surface area contributed by atoms with Crippen molar-refractivity contribution in [3.05, 3.63) is 22.4 Å². The van der Waals surface area contributed by atoms with Crippen LogP contribution in [0, 0.1) is 6.07 Å². The van der Waals surface area contributed by atoms with Crippen LogP contribution in [0.3, 0.4) is 0 Å². The van der Waals surface area contributed by atoms with Crippen LogP contribution in [0.2, 0.25) is 0 Å². The molecule has 0 atom stereocenters. The molecule has 0 unspecified atom stereocenters. The molecular formula is C9H12NOS. The number of hydrogen-bond acceptors (Lipinski definition) is 3. The zero-order chi connectivity index (χ0) is 8.23. The highest BCUT2D eigenvalue weighted by Gasteiger charge is 2.10. The van der Waals surface area contributed by atoms with Crippen molar-refractivity contribution in [2.75, 3.05) is 26.3 Å². The van der Waals surface area contributed by atoms with Gasteiger partial charge in [0.25, 0.3) is 0 Å². The summed E-state index contributed by atoms with van der Waals surface area (Å²) in [4.78, 5) is 3.82. The summed E-state index contributed by atoms with van der Waals surface area (Å²) < 4.78 is 5.27. The van der Waals surface area contributed by atoms with Gasteiger partial charge in [-0.1, -0.05) is 0 Å². The molecular weight excluding hydrogens is 170 g/mol. The van der Waals surface area contributed by atoms with Crippen LogP contribution in [0.15, 0.2) is 11.4 Å². The minimum absolute atomic E-state index is 0.884. The molecule has 65 valence electrons. The van der Waals surface area contributed by atoms with Crippen LogP contribution in [-0.2, 0) is 11.3 Å². The van der Waals surface area contributed by atoms with Crippen LogP contribution < -0.4 is 0 Å². The van der Waals surface area contributed by atoms with Gasteiger partial charge in [-0.2, -0.15) is 0 Å². The van der Waals surface area contributed by atoms with Crippen LogP contribution in [0.25, 0.3) is 0 Å². The largest absolute Gasteiger partial charge is 0.379 e. The molecule has 0 spiro atoms. The lowest BCUT2D eigenvalue weighted by Gasteiger charge is -2.25. The third-order valence-electron chi connectivity index (χ3n) is 2.01. The van der Waals surface area contributed by atoms with Crippen molar-refractivity contribution in [3.8, 4) is 0 Å². The first kappa shape index (κ1) is 8.23. The van der Waals surface area contributed by atoms with E-state index in [1.807, 2.05) is 5.38 Å². The van der Waals surface area contributed by atoms with Crippen molar-refractivity contribution >= 4 is 11.3 Å². The molecule has 2 heterocycles. The Morgan fingerprint density at radius 2 is 2.33 bits per heavy atom. The molecule has 12 heavy (non-hydrogen) atoms. The maximum absolute atomic E-state index is 5.27. The molecule has 0 amide bonds. The maximum Gasteiger partial charge on any atom is 0.0594 e. The Morgan fingerprint density at radius 1 is 1.50 bits per heavy atom. The first-order chi connectivity index (χ1) is 5.95. The number of thiophene rings is 1. The van der Waals surface area contributed by atoms with Gasteiger partial charge in [0, 0.05) is 24.5 Å². The summed E-state index contributed by atoms with van der Waals surface area (Å²) in [6.45, 7) is 4.97. The fourth-order valence-electron chi connectivity index (χ4n) is 1.33. The van der Waals surface area contributed by atoms with Crippen molar-refractivity contribution in [1.82, 2.24) is 4.90 Å². The van der Waals surface area contributed by atoms with Gasteiger partial charge in [0.2, 0.25) is 0 Å². The molecule has 0 N–H and O–H groups in total. The van der Waals surface area contributed by atoms with E-state index in [0.717, 1.165) is 32.8 Å². The van der Waals surface area contributed by atoms with Crippen LogP contribution in [0.4, 0.5) is 0 Å². The van der Waals surface area contributed by atoms with E-state index in [1.165, 1.54) is 4.88 Å². The highest BCUT2D eigenvalue weighted by molar-refractivity contribution is 7.09. The summed E-state index contributed by atoms with van der Waals surface area (Å²) in [5.74, 6) is 0. The van der Waals surface area contributed by atoms with Gasteiger partial charge in [-0.15, -0.1) is 11.3 Å². The Bertz CT molecular complexity index is 216. The van der Waals surface area contributed by atoms with E-state index in [1.54, 1.807) is 11.3 Å². The topological polar surface area (TPSA) is 12.5 Å². The van der Waals surface area contributed by atoms with E-state index in [9.17, 15) is 0 Å². The van der Waals surface area contributed by atoms with E-state index in [4.69, 9.17) is 4.74 Å². The first-order valence-corrected chi connectivity index (χ1v) is 5.07. The SMILES string of the molecule is [c]1csc(CN2CCOCC2)c1. The van der Waals surface area contributed by atoms with Crippen molar-refractivity contribution in [2.24, 2.45) is 0 Å². The van der Waals surface area contributed by atoms with E-state index < -0.39 is 0 Å². The van der Waals surface area contributed by atoms with E-state index in [2.05, 4.69) is 17.0 Å². The second-order valence-corrected chi connectivity index (χ2v) is 3.90. The number of hydrogen-bond donors (Lipinski definition) is 0. The molecule has 0 bridgehead atoms. The lowest BCUT2D eigenvalue weighted by Crippen LogP contribution is -2.35. The summed E-state index contributed by atoms with van der Waals surface area (Å²) in [5.41, 5.74) is 0. The van der Waals surface area contributed by atoms with Crippen molar-refractivity contribution in [2.45, 2.75) is 6.54 Å². The number of nitrogens with zero attached hydrogens (tertiary/aromatic N) is 1. The molecule has 1 aromatic heterocycles. The summed E-state index contributed by atoms with van der Waals surface area (Å²) in [6, 6.07) is 5.15. The molecule has 2 rings (SSSR count). The molecule has 1 radical (unpaired) electrons. The van der Waals surface area contributed by atoms with Gasteiger partial charge in [-0.05, 0) is 17.5 Å². The minimum Gasteiger partial charge on any atom is -0.379 e. The second kappa shape index (κ2) is 4.03. The molecule has 1 fully saturated rings.